The third-order valence-corrected chi connectivity index (χ3v) is 4.14. The number of amides is 2. The maximum absolute atomic E-state index is 12.1. The Bertz CT molecular complexity index is 908. The zero-order valence-electron chi connectivity index (χ0n) is 14.1. The number of ether oxygens (including phenoxy) is 2. The number of carbonyl (C=O) groups excluding carboxylic acids is 1. The number of rotatable bonds is 4. The Morgan fingerprint density at radius 2 is 1.58 bits per heavy atom. The quantitative estimate of drug-likeness (QED) is 0.736. The average Bonchev–Trinajstić information content (AvgIpc) is 3.15. The smallest absolute Gasteiger partial charge is 0.319 e. The lowest BCUT2D eigenvalue weighted by Gasteiger charge is -2.09. The molecule has 1 heterocycles. The van der Waals surface area contributed by atoms with Crippen LogP contribution in [-0.4, -0.2) is 12.8 Å². The topological polar surface area (TPSA) is 59.6 Å². The van der Waals surface area contributed by atoms with E-state index in [-0.39, 0.29) is 12.8 Å². The fraction of sp³-hybridized carbons (Fsp3) is 0.0952. The maximum atomic E-state index is 12.1. The van der Waals surface area contributed by atoms with Gasteiger partial charge in [-0.1, -0.05) is 48.5 Å². The van der Waals surface area contributed by atoms with Gasteiger partial charge >= 0.3 is 6.03 Å². The van der Waals surface area contributed by atoms with Crippen LogP contribution in [0.2, 0.25) is 0 Å². The largest absolute Gasteiger partial charge is 0.454 e. The zero-order valence-corrected chi connectivity index (χ0v) is 14.1. The molecule has 0 saturated carbocycles. The molecule has 0 aromatic heterocycles. The van der Waals surface area contributed by atoms with E-state index in [9.17, 15) is 4.79 Å². The van der Waals surface area contributed by atoms with Crippen LogP contribution < -0.4 is 20.1 Å². The second-order valence-corrected chi connectivity index (χ2v) is 5.94. The molecule has 26 heavy (non-hydrogen) atoms. The van der Waals surface area contributed by atoms with Crippen molar-refractivity contribution in [2.24, 2.45) is 0 Å². The third kappa shape index (κ3) is 3.62. The summed E-state index contributed by atoms with van der Waals surface area (Å²) in [6.07, 6.45) is 0. The molecule has 3 aromatic carbocycles. The summed E-state index contributed by atoms with van der Waals surface area (Å²) < 4.78 is 10.6. The lowest BCUT2D eigenvalue weighted by molar-refractivity contribution is 0.174. The van der Waals surface area contributed by atoms with Gasteiger partial charge in [-0.3, -0.25) is 0 Å². The van der Waals surface area contributed by atoms with Crippen LogP contribution in [0.4, 0.5) is 10.5 Å². The van der Waals surface area contributed by atoms with Crippen LogP contribution in [0, 0.1) is 0 Å². The Morgan fingerprint density at radius 1 is 0.846 bits per heavy atom. The highest BCUT2D eigenvalue weighted by molar-refractivity contribution is 5.89. The first-order chi connectivity index (χ1) is 12.8. The van der Waals surface area contributed by atoms with Crippen LogP contribution in [0.5, 0.6) is 11.5 Å². The number of anilines is 1. The number of hydrogen-bond acceptors (Lipinski definition) is 3. The lowest BCUT2D eigenvalue weighted by atomic mass is 10.1. The molecule has 2 amide bonds. The minimum atomic E-state index is -0.255. The van der Waals surface area contributed by atoms with Gasteiger partial charge in [0.1, 0.15) is 0 Å². The summed E-state index contributed by atoms with van der Waals surface area (Å²) in [6, 6.07) is 23.2. The van der Waals surface area contributed by atoms with Gasteiger partial charge in [0.25, 0.3) is 0 Å². The molecule has 0 saturated heterocycles. The van der Waals surface area contributed by atoms with E-state index in [1.165, 1.54) is 0 Å². The van der Waals surface area contributed by atoms with Crippen molar-refractivity contribution in [3.63, 3.8) is 0 Å². The number of fused-ring (bicyclic) bond motifs is 1. The predicted octanol–water partition coefficient (Wildman–Crippen LogP) is 4.40. The molecule has 0 aliphatic carbocycles. The molecule has 2 N–H and O–H groups in total. The monoisotopic (exact) mass is 346 g/mol. The second-order valence-electron chi connectivity index (χ2n) is 5.94. The predicted molar refractivity (Wildman–Crippen MR) is 100 cm³/mol. The Kier molecular flexibility index (Phi) is 4.43. The number of hydrogen-bond donors (Lipinski definition) is 2. The molecule has 0 bridgehead atoms. The van der Waals surface area contributed by atoms with Crippen molar-refractivity contribution >= 4 is 11.7 Å². The molecular formula is C21H18N2O3. The van der Waals surface area contributed by atoms with Crippen LogP contribution in [0.15, 0.2) is 72.8 Å². The van der Waals surface area contributed by atoms with Gasteiger partial charge < -0.3 is 20.1 Å². The van der Waals surface area contributed by atoms with Gasteiger partial charge in [0.2, 0.25) is 6.79 Å². The molecular weight excluding hydrogens is 328 g/mol. The van der Waals surface area contributed by atoms with Crippen LogP contribution in [-0.2, 0) is 6.54 Å². The van der Waals surface area contributed by atoms with Crippen molar-refractivity contribution < 1.29 is 14.3 Å². The van der Waals surface area contributed by atoms with E-state index in [0.29, 0.717) is 12.3 Å². The first-order valence-corrected chi connectivity index (χ1v) is 8.37. The molecule has 3 aromatic rings. The summed E-state index contributed by atoms with van der Waals surface area (Å²) in [5, 5.41) is 5.68. The molecule has 0 atom stereocenters. The van der Waals surface area contributed by atoms with Crippen molar-refractivity contribution in [3.8, 4) is 22.6 Å². The summed E-state index contributed by atoms with van der Waals surface area (Å²) in [6.45, 7) is 0.649. The SMILES string of the molecule is O=C(NCc1ccc2c(c1)OCO2)Nc1ccc(-c2ccccc2)cc1. The minimum Gasteiger partial charge on any atom is -0.454 e. The fourth-order valence-electron chi connectivity index (χ4n) is 2.79. The average molecular weight is 346 g/mol. The molecule has 130 valence electrons. The molecule has 0 unspecified atom stereocenters. The van der Waals surface area contributed by atoms with Crippen LogP contribution in [0.1, 0.15) is 5.56 Å². The normalized spacial score (nSPS) is 11.8. The number of nitrogens with one attached hydrogen (secondary N) is 2. The van der Waals surface area contributed by atoms with E-state index in [2.05, 4.69) is 22.8 Å². The summed E-state index contributed by atoms with van der Waals surface area (Å²) in [4.78, 5) is 12.1. The van der Waals surface area contributed by atoms with E-state index >= 15 is 0 Å². The molecule has 1 aliphatic rings. The summed E-state index contributed by atoms with van der Waals surface area (Å²) in [5.41, 5.74) is 3.94. The molecule has 0 spiro atoms. The number of urea groups is 1. The Hall–Kier alpha value is -3.47. The lowest BCUT2D eigenvalue weighted by Crippen LogP contribution is -2.28. The van der Waals surface area contributed by atoms with Crippen LogP contribution in [0.3, 0.4) is 0 Å². The molecule has 0 radical (unpaired) electrons. The van der Waals surface area contributed by atoms with Crippen LogP contribution >= 0.6 is 0 Å². The van der Waals surface area contributed by atoms with Crippen LogP contribution in [0.25, 0.3) is 11.1 Å². The standard InChI is InChI=1S/C21H18N2O3/c24-21(22-13-15-6-11-19-20(12-15)26-14-25-19)23-18-9-7-17(8-10-18)16-4-2-1-3-5-16/h1-12H,13-14H2,(H2,22,23,24). The van der Waals surface area contributed by atoms with Gasteiger partial charge in [-0.25, -0.2) is 4.79 Å². The highest BCUT2D eigenvalue weighted by atomic mass is 16.7. The highest BCUT2D eigenvalue weighted by Crippen LogP contribution is 2.32. The maximum Gasteiger partial charge on any atom is 0.319 e. The van der Waals surface area contributed by atoms with Gasteiger partial charge in [0.15, 0.2) is 11.5 Å². The van der Waals surface area contributed by atoms with Gasteiger partial charge in [-0.2, -0.15) is 0 Å². The zero-order chi connectivity index (χ0) is 17.8. The minimum absolute atomic E-state index is 0.242. The second kappa shape index (κ2) is 7.19. The molecule has 4 rings (SSSR count). The Morgan fingerprint density at radius 3 is 2.38 bits per heavy atom. The van der Waals surface area contributed by atoms with Crippen molar-refractivity contribution in [1.29, 1.82) is 0 Å². The number of carbonyl (C=O) groups is 1. The van der Waals surface area contributed by atoms with E-state index < -0.39 is 0 Å². The van der Waals surface area contributed by atoms with E-state index in [1.54, 1.807) is 0 Å². The van der Waals surface area contributed by atoms with Gasteiger partial charge in [-0.05, 0) is 41.0 Å². The summed E-state index contributed by atoms with van der Waals surface area (Å²) >= 11 is 0. The van der Waals surface area contributed by atoms with E-state index in [4.69, 9.17) is 9.47 Å². The first-order valence-electron chi connectivity index (χ1n) is 8.37. The van der Waals surface area contributed by atoms with E-state index in [1.807, 2.05) is 60.7 Å². The van der Waals surface area contributed by atoms with Gasteiger partial charge in [0.05, 0.1) is 0 Å². The van der Waals surface area contributed by atoms with E-state index in [0.717, 1.165) is 28.1 Å². The van der Waals surface area contributed by atoms with Crippen molar-refractivity contribution in [3.05, 3.63) is 78.4 Å². The molecule has 0 fully saturated rings. The third-order valence-electron chi connectivity index (χ3n) is 4.14. The molecule has 5 nitrogen and oxygen atoms in total. The first kappa shape index (κ1) is 16.0. The fourth-order valence-corrected chi connectivity index (χ4v) is 2.79. The number of benzene rings is 3. The van der Waals surface area contributed by atoms with Crippen molar-refractivity contribution in [2.75, 3.05) is 12.1 Å². The van der Waals surface area contributed by atoms with Crippen molar-refractivity contribution in [2.45, 2.75) is 6.54 Å². The van der Waals surface area contributed by atoms with Gasteiger partial charge in [-0.15, -0.1) is 0 Å². The Labute approximate surface area is 151 Å². The summed E-state index contributed by atoms with van der Waals surface area (Å²) in [5.74, 6) is 1.44. The highest BCUT2D eigenvalue weighted by Gasteiger charge is 2.13. The van der Waals surface area contributed by atoms with Crippen molar-refractivity contribution in [1.82, 2.24) is 5.32 Å². The van der Waals surface area contributed by atoms with Gasteiger partial charge in [0, 0.05) is 12.2 Å². The summed E-state index contributed by atoms with van der Waals surface area (Å²) in [7, 11) is 0. The Balaban J connectivity index is 1.33. The molecule has 5 heteroatoms. The molecule has 1 aliphatic heterocycles.